The molecule has 0 unspecified atom stereocenters. The first-order valence-electron chi connectivity index (χ1n) is 9.31. The third-order valence-corrected chi connectivity index (χ3v) is 4.64. The molecule has 8 nitrogen and oxygen atoms in total. The van der Waals surface area contributed by atoms with Crippen molar-refractivity contribution in [2.45, 2.75) is 18.7 Å². The lowest BCUT2D eigenvalue weighted by atomic mass is 10.2. The Hall–Kier alpha value is -3.04. The fraction of sp³-hybridized carbons (Fsp3) is 0.286. The van der Waals surface area contributed by atoms with Crippen LogP contribution in [-0.2, 0) is 14.0 Å². The van der Waals surface area contributed by atoms with E-state index in [2.05, 4.69) is 45.4 Å². The topological polar surface area (TPSA) is 77.2 Å². The molecule has 2 aromatic carbocycles. The van der Waals surface area contributed by atoms with Gasteiger partial charge in [-0.15, -0.1) is 9.45 Å². The Morgan fingerprint density at radius 3 is 2.37 bits per heavy atom. The number of anilines is 1. The fourth-order valence-corrected chi connectivity index (χ4v) is 3.00. The number of ether oxygens (including phenoxy) is 2. The van der Waals surface area contributed by atoms with Gasteiger partial charge in [-0.2, -0.15) is 5.11 Å². The predicted molar refractivity (Wildman–Crippen MR) is 121 cm³/mol. The molecule has 0 spiro atoms. The SMILES string of the molecule is C=COOSc1ccc(N=Nc2cc(OC)c(N(CC)CC)cc2/N=C\OC)cc1. The van der Waals surface area contributed by atoms with E-state index < -0.39 is 0 Å². The Labute approximate surface area is 181 Å². The largest absolute Gasteiger partial charge is 0.494 e. The molecule has 2 aromatic rings. The molecule has 0 fully saturated rings. The zero-order valence-corrected chi connectivity index (χ0v) is 18.4. The lowest BCUT2D eigenvalue weighted by Gasteiger charge is -2.24. The zero-order valence-electron chi connectivity index (χ0n) is 17.6. The van der Waals surface area contributed by atoms with Gasteiger partial charge in [-0.25, -0.2) is 4.99 Å². The molecule has 0 saturated carbocycles. The van der Waals surface area contributed by atoms with Gasteiger partial charge in [0, 0.05) is 24.1 Å². The van der Waals surface area contributed by atoms with Crippen molar-refractivity contribution in [1.82, 2.24) is 0 Å². The van der Waals surface area contributed by atoms with E-state index in [1.54, 1.807) is 14.2 Å². The van der Waals surface area contributed by atoms with E-state index in [9.17, 15) is 0 Å². The summed E-state index contributed by atoms with van der Waals surface area (Å²) in [6.45, 7) is 9.26. The Bertz CT molecular complexity index is 868. The van der Waals surface area contributed by atoms with Crippen LogP contribution >= 0.6 is 12.0 Å². The zero-order chi connectivity index (χ0) is 21.8. The standard InChI is InChI=1S/C21H26N4O4S/c1-6-25(7-2)20-13-18(22-15-26-4)19(14-21(20)27-5)24-23-16-9-11-17(12-10-16)30-29-28-8-3/h8-15H,3,6-7H2,1-2,4-5H3/b22-15-,24-23?. The second-order valence-electron chi connectivity index (χ2n) is 5.76. The molecule has 0 radical (unpaired) electrons. The normalized spacial score (nSPS) is 11.1. The molecule has 0 saturated heterocycles. The molecule has 0 aliphatic rings. The number of aliphatic imine (C=N–C) groups is 1. The van der Waals surface area contributed by atoms with Crippen LogP contribution in [0.25, 0.3) is 0 Å². The van der Waals surface area contributed by atoms with Gasteiger partial charge in [0.2, 0.25) is 0 Å². The van der Waals surface area contributed by atoms with Gasteiger partial charge in [-0.3, -0.25) is 0 Å². The average Bonchev–Trinajstić information content (AvgIpc) is 2.78. The molecule has 0 heterocycles. The Balaban J connectivity index is 2.32. The Morgan fingerprint density at radius 1 is 1.03 bits per heavy atom. The van der Waals surface area contributed by atoms with Gasteiger partial charge in [0.15, 0.2) is 6.40 Å². The maximum atomic E-state index is 5.58. The third-order valence-electron chi connectivity index (χ3n) is 4.02. The summed E-state index contributed by atoms with van der Waals surface area (Å²) in [7, 11) is 3.18. The third kappa shape index (κ3) is 6.50. The van der Waals surface area contributed by atoms with Gasteiger partial charge >= 0.3 is 0 Å². The first kappa shape index (κ1) is 23.2. The van der Waals surface area contributed by atoms with E-state index >= 15 is 0 Å². The maximum Gasteiger partial charge on any atom is 0.174 e. The monoisotopic (exact) mass is 430 g/mol. The highest BCUT2D eigenvalue weighted by Crippen LogP contribution is 2.40. The second-order valence-corrected chi connectivity index (χ2v) is 6.54. The highest BCUT2D eigenvalue weighted by molar-refractivity contribution is 7.94. The van der Waals surface area contributed by atoms with Gasteiger partial charge < -0.3 is 19.3 Å². The van der Waals surface area contributed by atoms with Crippen molar-refractivity contribution < 1.29 is 18.7 Å². The molecular formula is C21H26N4O4S. The molecule has 0 N–H and O–H groups in total. The molecule has 0 aliphatic heterocycles. The van der Waals surface area contributed by atoms with Crippen LogP contribution in [0.15, 0.2) is 69.4 Å². The van der Waals surface area contributed by atoms with Crippen molar-refractivity contribution in [3.05, 3.63) is 49.2 Å². The summed E-state index contributed by atoms with van der Waals surface area (Å²) in [5.74, 6) is 0.704. The summed E-state index contributed by atoms with van der Waals surface area (Å²) in [5, 5.41) is 8.69. The minimum absolute atomic E-state index is 0.567. The second kappa shape index (κ2) is 12.5. The van der Waals surface area contributed by atoms with Crippen LogP contribution in [-0.4, -0.2) is 33.7 Å². The fourth-order valence-electron chi connectivity index (χ4n) is 2.58. The summed E-state index contributed by atoms with van der Waals surface area (Å²) in [5.41, 5.74) is 2.81. The van der Waals surface area contributed by atoms with E-state index in [-0.39, 0.29) is 0 Å². The molecule has 9 heteroatoms. The molecular weight excluding hydrogens is 404 g/mol. The minimum atomic E-state index is 0.567. The van der Waals surface area contributed by atoms with Gasteiger partial charge in [0.25, 0.3) is 0 Å². The van der Waals surface area contributed by atoms with E-state index in [0.29, 0.717) is 22.8 Å². The van der Waals surface area contributed by atoms with Crippen LogP contribution in [0, 0.1) is 0 Å². The first-order valence-corrected chi connectivity index (χ1v) is 10.1. The molecule has 0 aromatic heterocycles. The summed E-state index contributed by atoms with van der Waals surface area (Å²) in [4.78, 5) is 12.0. The molecule has 0 atom stereocenters. The van der Waals surface area contributed by atoms with Crippen LogP contribution in [0.5, 0.6) is 5.75 Å². The van der Waals surface area contributed by atoms with E-state index in [1.807, 2.05) is 36.4 Å². The number of azo groups is 1. The van der Waals surface area contributed by atoms with Crippen LogP contribution in [0.3, 0.4) is 0 Å². The van der Waals surface area contributed by atoms with Crippen molar-refractivity contribution in [3.8, 4) is 5.75 Å². The number of nitrogens with zero attached hydrogens (tertiary/aromatic N) is 4. The Morgan fingerprint density at radius 2 is 1.77 bits per heavy atom. The first-order chi connectivity index (χ1) is 14.7. The summed E-state index contributed by atoms with van der Waals surface area (Å²) in [6.07, 6.45) is 2.57. The highest BCUT2D eigenvalue weighted by atomic mass is 32.2. The van der Waals surface area contributed by atoms with Crippen LogP contribution < -0.4 is 9.64 Å². The minimum Gasteiger partial charge on any atom is -0.494 e. The van der Waals surface area contributed by atoms with Crippen molar-refractivity contribution in [3.63, 3.8) is 0 Å². The quantitative estimate of drug-likeness (QED) is 0.0570. The molecule has 0 amide bonds. The predicted octanol–water partition coefficient (Wildman–Crippen LogP) is 6.36. The molecule has 0 aliphatic carbocycles. The number of hydrogen-bond acceptors (Lipinski definition) is 9. The van der Waals surface area contributed by atoms with Crippen LogP contribution in [0.1, 0.15) is 13.8 Å². The van der Waals surface area contributed by atoms with Gasteiger partial charge in [0.05, 0.1) is 43.3 Å². The van der Waals surface area contributed by atoms with Gasteiger partial charge in [-0.05, 0) is 44.2 Å². The van der Waals surface area contributed by atoms with Crippen molar-refractivity contribution in [1.29, 1.82) is 0 Å². The number of hydrogen-bond donors (Lipinski definition) is 0. The van der Waals surface area contributed by atoms with Gasteiger partial charge in [0.1, 0.15) is 17.7 Å². The summed E-state index contributed by atoms with van der Waals surface area (Å²) in [6, 6.07) is 11.1. The number of methoxy groups -OCH3 is 2. The van der Waals surface area contributed by atoms with E-state index in [4.69, 9.17) is 13.8 Å². The average molecular weight is 431 g/mol. The highest BCUT2D eigenvalue weighted by Gasteiger charge is 2.14. The summed E-state index contributed by atoms with van der Waals surface area (Å²) < 4.78 is 15.4. The molecule has 0 bridgehead atoms. The van der Waals surface area contributed by atoms with Crippen LogP contribution in [0.2, 0.25) is 0 Å². The van der Waals surface area contributed by atoms with Crippen molar-refractivity contribution in [2.24, 2.45) is 15.2 Å². The van der Waals surface area contributed by atoms with Crippen molar-refractivity contribution >= 4 is 41.2 Å². The van der Waals surface area contributed by atoms with E-state index in [1.165, 1.54) is 12.7 Å². The maximum absolute atomic E-state index is 5.58. The molecule has 30 heavy (non-hydrogen) atoms. The van der Waals surface area contributed by atoms with Crippen molar-refractivity contribution in [2.75, 3.05) is 32.2 Å². The molecule has 2 rings (SSSR count). The number of benzene rings is 2. The lowest BCUT2D eigenvalue weighted by molar-refractivity contribution is -0.129. The van der Waals surface area contributed by atoms with Gasteiger partial charge in [-0.1, -0.05) is 6.58 Å². The molecule has 160 valence electrons. The Kier molecular flexibility index (Phi) is 9.69. The van der Waals surface area contributed by atoms with E-state index in [0.717, 1.165) is 35.7 Å². The smallest absolute Gasteiger partial charge is 0.174 e. The van der Waals surface area contributed by atoms with Crippen LogP contribution in [0.4, 0.5) is 22.7 Å². The lowest BCUT2D eigenvalue weighted by Crippen LogP contribution is -2.22. The summed E-state index contributed by atoms with van der Waals surface area (Å²) >= 11 is 1.07. The number of rotatable bonds is 12.